The van der Waals surface area contributed by atoms with E-state index in [0.717, 1.165) is 5.56 Å². The lowest BCUT2D eigenvalue weighted by molar-refractivity contribution is -0.134. The Balaban J connectivity index is 1.77. The normalized spacial score (nSPS) is 14.7. The maximum Gasteiger partial charge on any atom is 0.319 e. The van der Waals surface area contributed by atoms with E-state index in [1.807, 2.05) is 31.2 Å². The molecule has 0 saturated carbocycles. The molecule has 0 N–H and O–H groups in total. The molecule has 0 spiro atoms. The van der Waals surface area contributed by atoms with Gasteiger partial charge >= 0.3 is 6.03 Å². The van der Waals surface area contributed by atoms with Gasteiger partial charge in [0.2, 0.25) is 0 Å². The van der Waals surface area contributed by atoms with Gasteiger partial charge in [-0.15, -0.1) is 0 Å². The van der Waals surface area contributed by atoms with E-state index in [1.54, 1.807) is 28.8 Å². The van der Waals surface area contributed by atoms with Gasteiger partial charge in [0.25, 0.3) is 5.91 Å². The maximum absolute atomic E-state index is 12.1. The van der Waals surface area contributed by atoms with E-state index in [1.165, 1.54) is 0 Å². The van der Waals surface area contributed by atoms with Crippen molar-refractivity contribution in [3.8, 4) is 5.75 Å². The first kappa shape index (κ1) is 16.1. The summed E-state index contributed by atoms with van der Waals surface area (Å²) in [6.45, 7) is 4.26. The molecule has 2 rings (SSSR count). The van der Waals surface area contributed by atoms with Crippen LogP contribution in [0.3, 0.4) is 0 Å². The van der Waals surface area contributed by atoms with Gasteiger partial charge in [-0.3, -0.25) is 4.79 Å². The SMILES string of the molecule is Cc1ccc(OCC(=O)N2CCN(C(=O)N(C)C)CC2)cc1. The predicted octanol–water partition coefficient (Wildman–Crippen LogP) is 1.20. The number of urea groups is 1. The van der Waals surface area contributed by atoms with Gasteiger partial charge in [0.1, 0.15) is 5.75 Å². The van der Waals surface area contributed by atoms with Crippen LogP contribution in [0.5, 0.6) is 5.75 Å². The summed E-state index contributed by atoms with van der Waals surface area (Å²) in [7, 11) is 3.46. The van der Waals surface area contributed by atoms with E-state index in [0.29, 0.717) is 31.9 Å². The molecule has 1 aromatic rings. The molecule has 6 heteroatoms. The Labute approximate surface area is 131 Å². The molecule has 6 nitrogen and oxygen atoms in total. The van der Waals surface area contributed by atoms with Crippen molar-refractivity contribution in [1.82, 2.24) is 14.7 Å². The van der Waals surface area contributed by atoms with E-state index in [2.05, 4.69) is 0 Å². The van der Waals surface area contributed by atoms with Crippen molar-refractivity contribution in [3.05, 3.63) is 29.8 Å². The highest BCUT2D eigenvalue weighted by atomic mass is 16.5. The van der Waals surface area contributed by atoms with E-state index < -0.39 is 0 Å². The molecule has 0 bridgehead atoms. The lowest BCUT2D eigenvalue weighted by Gasteiger charge is -2.35. The lowest BCUT2D eigenvalue weighted by Crippen LogP contribution is -2.53. The minimum atomic E-state index is -0.0440. The zero-order valence-corrected chi connectivity index (χ0v) is 13.4. The summed E-state index contributed by atoms with van der Waals surface area (Å²) in [4.78, 5) is 29.0. The van der Waals surface area contributed by atoms with Gasteiger partial charge in [-0.2, -0.15) is 0 Å². The van der Waals surface area contributed by atoms with E-state index in [4.69, 9.17) is 4.74 Å². The van der Waals surface area contributed by atoms with Crippen LogP contribution in [0.15, 0.2) is 24.3 Å². The Hall–Kier alpha value is -2.24. The Bertz CT molecular complexity index is 520. The van der Waals surface area contributed by atoms with Crippen molar-refractivity contribution >= 4 is 11.9 Å². The molecule has 1 fully saturated rings. The fourth-order valence-corrected chi connectivity index (χ4v) is 2.30. The van der Waals surface area contributed by atoms with Gasteiger partial charge < -0.3 is 19.4 Å². The molecule has 0 unspecified atom stereocenters. The zero-order valence-electron chi connectivity index (χ0n) is 13.4. The molecule has 0 aromatic heterocycles. The van der Waals surface area contributed by atoms with Crippen molar-refractivity contribution < 1.29 is 14.3 Å². The van der Waals surface area contributed by atoms with Crippen molar-refractivity contribution in [2.24, 2.45) is 0 Å². The van der Waals surface area contributed by atoms with Gasteiger partial charge in [0.15, 0.2) is 6.61 Å². The summed E-state index contributed by atoms with van der Waals surface area (Å²) in [5.74, 6) is 0.651. The minimum absolute atomic E-state index is 0.0111. The second-order valence-corrected chi connectivity index (χ2v) is 5.65. The summed E-state index contributed by atoms with van der Waals surface area (Å²) in [5.41, 5.74) is 1.15. The first-order valence-corrected chi connectivity index (χ1v) is 7.41. The Kier molecular flexibility index (Phi) is 5.25. The Morgan fingerprint density at radius 3 is 2.14 bits per heavy atom. The summed E-state index contributed by atoms with van der Waals surface area (Å²) >= 11 is 0. The smallest absolute Gasteiger partial charge is 0.319 e. The molecule has 1 aliphatic heterocycles. The van der Waals surface area contributed by atoms with Gasteiger partial charge in [-0.05, 0) is 19.1 Å². The fourth-order valence-electron chi connectivity index (χ4n) is 2.30. The number of nitrogens with zero attached hydrogens (tertiary/aromatic N) is 3. The van der Waals surface area contributed by atoms with Crippen LogP contribution in [0.2, 0.25) is 0 Å². The molecule has 1 saturated heterocycles. The van der Waals surface area contributed by atoms with Gasteiger partial charge in [0, 0.05) is 40.3 Å². The van der Waals surface area contributed by atoms with Crippen LogP contribution in [0.25, 0.3) is 0 Å². The number of amides is 3. The number of hydrogen-bond donors (Lipinski definition) is 0. The van der Waals surface area contributed by atoms with Crippen LogP contribution >= 0.6 is 0 Å². The predicted molar refractivity (Wildman–Crippen MR) is 83.9 cm³/mol. The third kappa shape index (κ3) is 4.13. The summed E-state index contributed by atoms with van der Waals surface area (Å²) in [5, 5.41) is 0. The fraction of sp³-hybridized carbons (Fsp3) is 0.500. The number of ether oxygens (including phenoxy) is 1. The van der Waals surface area contributed by atoms with Gasteiger partial charge in [-0.1, -0.05) is 17.7 Å². The van der Waals surface area contributed by atoms with Crippen LogP contribution in [0, 0.1) is 6.92 Å². The van der Waals surface area contributed by atoms with Crippen molar-refractivity contribution in [2.75, 3.05) is 46.9 Å². The van der Waals surface area contributed by atoms with Gasteiger partial charge in [0.05, 0.1) is 0 Å². The van der Waals surface area contributed by atoms with Crippen LogP contribution < -0.4 is 4.74 Å². The molecule has 0 atom stereocenters. The number of carbonyl (C=O) groups is 2. The van der Waals surface area contributed by atoms with Crippen LogP contribution in [-0.4, -0.2) is 73.5 Å². The molecule has 1 heterocycles. The third-order valence-corrected chi connectivity index (χ3v) is 3.67. The second-order valence-electron chi connectivity index (χ2n) is 5.65. The molecule has 1 aliphatic rings. The van der Waals surface area contributed by atoms with Crippen molar-refractivity contribution in [1.29, 1.82) is 0 Å². The van der Waals surface area contributed by atoms with Crippen LogP contribution in [-0.2, 0) is 4.79 Å². The van der Waals surface area contributed by atoms with E-state index in [-0.39, 0.29) is 18.5 Å². The van der Waals surface area contributed by atoms with E-state index >= 15 is 0 Å². The molecular formula is C16H23N3O3. The molecule has 1 aromatic carbocycles. The van der Waals surface area contributed by atoms with Crippen molar-refractivity contribution in [2.45, 2.75) is 6.92 Å². The monoisotopic (exact) mass is 305 g/mol. The molecule has 0 aliphatic carbocycles. The average Bonchev–Trinajstić information content (AvgIpc) is 2.53. The topological polar surface area (TPSA) is 53.1 Å². The minimum Gasteiger partial charge on any atom is -0.484 e. The lowest BCUT2D eigenvalue weighted by atomic mass is 10.2. The molecule has 0 radical (unpaired) electrons. The summed E-state index contributed by atoms with van der Waals surface area (Å²) < 4.78 is 5.51. The maximum atomic E-state index is 12.1. The van der Waals surface area contributed by atoms with Crippen molar-refractivity contribution in [3.63, 3.8) is 0 Å². The number of hydrogen-bond acceptors (Lipinski definition) is 3. The molecule has 22 heavy (non-hydrogen) atoms. The number of benzene rings is 1. The highest BCUT2D eigenvalue weighted by Crippen LogP contribution is 2.12. The van der Waals surface area contributed by atoms with E-state index in [9.17, 15) is 9.59 Å². The van der Waals surface area contributed by atoms with Crippen LogP contribution in [0.1, 0.15) is 5.56 Å². The second kappa shape index (κ2) is 7.15. The highest BCUT2D eigenvalue weighted by Gasteiger charge is 2.24. The Morgan fingerprint density at radius 1 is 1.05 bits per heavy atom. The first-order valence-electron chi connectivity index (χ1n) is 7.41. The molecule has 120 valence electrons. The summed E-state index contributed by atoms with van der Waals surface area (Å²) in [6, 6.07) is 7.60. The quantitative estimate of drug-likeness (QED) is 0.843. The standard InChI is InChI=1S/C16H23N3O3/c1-13-4-6-14(7-5-13)22-12-15(20)18-8-10-19(11-9-18)16(21)17(2)3/h4-7H,8-12H2,1-3H3. The third-order valence-electron chi connectivity index (χ3n) is 3.67. The molecular weight excluding hydrogens is 282 g/mol. The summed E-state index contributed by atoms with van der Waals surface area (Å²) in [6.07, 6.45) is 0. The zero-order chi connectivity index (χ0) is 16.1. The first-order chi connectivity index (χ1) is 10.5. The number of piperazine rings is 1. The number of carbonyl (C=O) groups excluding carboxylic acids is 2. The highest BCUT2D eigenvalue weighted by molar-refractivity contribution is 5.78. The van der Waals surface area contributed by atoms with Crippen LogP contribution in [0.4, 0.5) is 4.79 Å². The molecule has 3 amide bonds. The number of rotatable bonds is 3. The average molecular weight is 305 g/mol. The van der Waals surface area contributed by atoms with Gasteiger partial charge in [-0.25, -0.2) is 4.79 Å². The Morgan fingerprint density at radius 2 is 1.59 bits per heavy atom. The largest absolute Gasteiger partial charge is 0.484 e. The number of aryl methyl sites for hydroxylation is 1.